The van der Waals surface area contributed by atoms with Crippen molar-refractivity contribution in [2.45, 2.75) is 46.7 Å². The normalized spacial score (nSPS) is 12.1. The number of anilines is 2. The summed E-state index contributed by atoms with van der Waals surface area (Å²) in [5.41, 5.74) is 5.87. The third-order valence-electron chi connectivity index (χ3n) is 4.43. The van der Waals surface area contributed by atoms with E-state index in [2.05, 4.69) is 69.1 Å². The monoisotopic (exact) mass is 381 g/mol. The van der Waals surface area contributed by atoms with E-state index in [0.717, 1.165) is 22.2 Å². The molecule has 28 heavy (non-hydrogen) atoms. The van der Waals surface area contributed by atoms with Gasteiger partial charge < -0.3 is 14.6 Å². The van der Waals surface area contributed by atoms with Gasteiger partial charge in [0.15, 0.2) is 0 Å². The Morgan fingerprint density at radius 1 is 1.11 bits per heavy atom. The number of fused-ring (bicyclic) bond motifs is 1. The molecule has 0 unspecified atom stereocenters. The van der Waals surface area contributed by atoms with Gasteiger partial charge in [0.2, 0.25) is 5.95 Å². The van der Waals surface area contributed by atoms with Crippen LogP contribution in [0.2, 0.25) is 0 Å². The van der Waals surface area contributed by atoms with Gasteiger partial charge in [0, 0.05) is 34.7 Å². The quantitative estimate of drug-likeness (QED) is 0.477. The second-order valence-electron chi connectivity index (χ2n) is 7.10. The first-order chi connectivity index (χ1) is 13.4. The fraction of sp³-hybridized carbons (Fsp3) is 0.400. The van der Waals surface area contributed by atoms with Crippen molar-refractivity contribution in [3.8, 4) is 6.01 Å². The number of nitrogens with zero attached hydrogens (tertiary/aromatic N) is 5. The molecule has 0 amide bonds. The van der Waals surface area contributed by atoms with Gasteiger partial charge in [-0.3, -0.25) is 0 Å². The minimum atomic E-state index is 0.233. The zero-order valence-electron chi connectivity index (χ0n) is 17.2. The second kappa shape index (κ2) is 8.24. The summed E-state index contributed by atoms with van der Waals surface area (Å²) in [7, 11) is 1.54. The zero-order chi connectivity index (χ0) is 20.3. The maximum Gasteiger partial charge on any atom is 0.322 e. The summed E-state index contributed by atoms with van der Waals surface area (Å²) < 4.78 is 5.26. The lowest BCUT2D eigenvalue weighted by Gasteiger charge is -2.30. The van der Waals surface area contributed by atoms with Crippen LogP contribution >= 0.6 is 0 Å². The van der Waals surface area contributed by atoms with E-state index in [9.17, 15) is 0 Å². The van der Waals surface area contributed by atoms with E-state index < -0.39 is 0 Å². The number of rotatable bonds is 7. The molecule has 1 aromatic carbocycles. The highest BCUT2D eigenvalue weighted by Crippen LogP contribution is 2.21. The molecule has 0 atom stereocenters. The van der Waals surface area contributed by atoms with Crippen molar-refractivity contribution in [3.05, 3.63) is 36.0 Å². The molecule has 0 saturated carbocycles. The molecular weight excluding hydrogens is 354 g/mol. The first kappa shape index (κ1) is 19.6. The average molecular weight is 381 g/mol. The minimum Gasteiger partial charge on any atom is -0.467 e. The fourth-order valence-corrected chi connectivity index (χ4v) is 3.23. The molecule has 8 heteroatoms. The van der Waals surface area contributed by atoms with Crippen LogP contribution < -0.4 is 15.1 Å². The zero-order valence-corrected chi connectivity index (χ0v) is 17.2. The molecule has 0 fully saturated rings. The number of hydrogen-bond acceptors (Lipinski definition) is 7. The van der Waals surface area contributed by atoms with Gasteiger partial charge >= 0.3 is 6.01 Å². The summed E-state index contributed by atoms with van der Waals surface area (Å²) in [6, 6.07) is 8.83. The summed E-state index contributed by atoms with van der Waals surface area (Å²) in [5, 5.41) is 5.59. The molecule has 3 aromatic rings. The van der Waals surface area contributed by atoms with Crippen LogP contribution in [0, 0.1) is 0 Å². The van der Waals surface area contributed by atoms with E-state index in [4.69, 9.17) is 4.74 Å². The van der Waals surface area contributed by atoms with Crippen LogP contribution in [-0.2, 0) is 0 Å². The molecule has 148 valence electrons. The Kier molecular flexibility index (Phi) is 5.77. The Bertz CT molecular complexity index is 970. The van der Waals surface area contributed by atoms with Gasteiger partial charge in [0.25, 0.3) is 5.95 Å². The first-order valence-electron chi connectivity index (χ1n) is 9.36. The number of ether oxygens (including phenoxy) is 1. The molecule has 2 heterocycles. The molecule has 0 saturated heterocycles. The smallest absolute Gasteiger partial charge is 0.322 e. The number of para-hydroxylation sites is 1. The van der Waals surface area contributed by atoms with Crippen LogP contribution in [0.3, 0.4) is 0 Å². The van der Waals surface area contributed by atoms with Crippen molar-refractivity contribution in [2.75, 3.05) is 17.4 Å². The van der Waals surface area contributed by atoms with E-state index >= 15 is 0 Å². The number of hydrazone groups is 1. The number of benzene rings is 1. The molecule has 3 rings (SSSR count). The Labute approximate surface area is 165 Å². The van der Waals surface area contributed by atoms with Crippen LogP contribution in [-0.4, -0.2) is 44.8 Å². The van der Waals surface area contributed by atoms with Crippen LogP contribution in [0.4, 0.5) is 11.9 Å². The third kappa shape index (κ3) is 4.05. The summed E-state index contributed by atoms with van der Waals surface area (Å²) >= 11 is 0. The standard InChI is InChI=1S/C20H27N7O/c1-12(2)27(13(3)4)19-22-18(23-20(24-19)28-6)26-25-14(5)16-11-21-17-10-8-7-9-15(16)17/h7-13,21H,1-6H3,(H,22,23,24,26)/b25-14+. The molecular formula is C20H27N7O. The van der Waals surface area contributed by atoms with Gasteiger partial charge in [-0.2, -0.15) is 20.1 Å². The Hall–Kier alpha value is -3.16. The van der Waals surface area contributed by atoms with Gasteiger partial charge in [0.05, 0.1) is 12.8 Å². The van der Waals surface area contributed by atoms with Crippen LogP contribution in [0.5, 0.6) is 6.01 Å². The predicted molar refractivity (Wildman–Crippen MR) is 113 cm³/mol. The van der Waals surface area contributed by atoms with Crippen molar-refractivity contribution >= 4 is 28.5 Å². The Balaban J connectivity index is 1.91. The molecule has 0 aliphatic carbocycles. The highest BCUT2D eigenvalue weighted by molar-refractivity contribution is 6.09. The minimum absolute atomic E-state index is 0.233. The summed E-state index contributed by atoms with van der Waals surface area (Å²) in [6.45, 7) is 10.3. The van der Waals surface area contributed by atoms with E-state index in [1.807, 2.05) is 31.3 Å². The summed E-state index contributed by atoms with van der Waals surface area (Å²) in [6.07, 6.45) is 1.95. The summed E-state index contributed by atoms with van der Waals surface area (Å²) in [4.78, 5) is 18.6. The van der Waals surface area contributed by atoms with Gasteiger partial charge in [-0.05, 0) is 40.7 Å². The number of nitrogens with one attached hydrogen (secondary N) is 2. The number of aromatic nitrogens is 4. The topological polar surface area (TPSA) is 91.3 Å². The van der Waals surface area contributed by atoms with E-state index in [1.54, 1.807) is 7.11 Å². The molecule has 0 aliphatic heterocycles. The van der Waals surface area contributed by atoms with Crippen LogP contribution in [0.1, 0.15) is 40.2 Å². The lowest BCUT2D eigenvalue weighted by Crippen LogP contribution is -2.38. The van der Waals surface area contributed by atoms with E-state index in [-0.39, 0.29) is 18.1 Å². The van der Waals surface area contributed by atoms with Crippen molar-refractivity contribution < 1.29 is 4.74 Å². The van der Waals surface area contributed by atoms with Gasteiger partial charge in [0.1, 0.15) is 0 Å². The number of hydrogen-bond donors (Lipinski definition) is 2. The number of aromatic amines is 1. The number of H-pyrrole nitrogens is 1. The van der Waals surface area contributed by atoms with Gasteiger partial charge in [-0.15, -0.1) is 0 Å². The first-order valence-corrected chi connectivity index (χ1v) is 9.36. The molecule has 2 N–H and O–H groups in total. The Morgan fingerprint density at radius 2 is 1.82 bits per heavy atom. The highest BCUT2D eigenvalue weighted by atomic mass is 16.5. The largest absolute Gasteiger partial charge is 0.467 e. The van der Waals surface area contributed by atoms with E-state index in [1.165, 1.54) is 0 Å². The molecule has 0 bridgehead atoms. The maximum absolute atomic E-state index is 5.26. The van der Waals surface area contributed by atoms with Crippen LogP contribution in [0.25, 0.3) is 10.9 Å². The predicted octanol–water partition coefficient (Wildman–Crippen LogP) is 3.82. The average Bonchev–Trinajstić information content (AvgIpc) is 3.09. The highest BCUT2D eigenvalue weighted by Gasteiger charge is 2.19. The lowest BCUT2D eigenvalue weighted by atomic mass is 10.1. The Morgan fingerprint density at radius 3 is 2.50 bits per heavy atom. The lowest BCUT2D eigenvalue weighted by molar-refractivity contribution is 0.377. The van der Waals surface area contributed by atoms with Crippen molar-refractivity contribution in [3.63, 3.8) is 0 Å². The van der Waals surface area contributed by atoms with Crippen LogP contribution in [0.15, 0.2) is 35.6 Å². The van der Waals surface area contributed by atoms with Crippen molar-refractivity contribution in [2.24, 2.45) is 5.10 Å². The number of methoxy groups -OCH3 is 1. The molecule has 0 aliphatic rings. The molecule has 0 radical (unpaired) electrons. The summed E-state index contributed by atoms with van der Waals surface area (Å²) in [5.74, 6) is 0.895. The van der Waals surface area contributed by atoms with Gasteiger partial charge in [-0.1, -0.05) is 18.2 Å². The molecule has 2 aromatic heterocycles. The van der Waals surface area contributed by atoms with Gasteiger partial charge in [-0.25, -0.2) is 5.43 Å². The molecule has 8 nitrogen and oxygen atoms in total. The third-order valence-corrected chi connectivity index (χ3v) is 4.43. The molecule has 0 spiro atoms. The van der Waals surface area contributed by atoms with Crippen molar-refractivity contribution in [1.29, 1.82) is 0 Å². The van der Waals surface area contributed by atoms with E-state index in [0.29, 0.717) is 11.9 Å². The maximum atomic E-state index is 5.26. The van der Waals surface area contributed by atoms with Crippen molar-refractivity contribution in [1.82, 2.24) is 19.9 Å². The SMILES string of the molecule is COc1nc(N/N=C(\C)c2c[nH]c3ccccc23)nc(N(C(C)C)C(C)C)n1. The second-order valence-corrected chi connectivity index (χ2v) is 7.10. The fourth-order valence-electron chi connectivity index (χ4n) is 3.23.